The molecular weight excluding hydrogens is 278 g/mol. The van der Waals surface area contributed by atoms with Gasteiger partial charge in [0, 0.05) is 5.56 Å². The minimum absolute atomic E-state index is 0.110. The van der Waals surface area contributed by atoms with Gasteiger partial charge in [-0.1, -0.05) is 30.3 Å². The van der Waals surface area contributed by atoms with Crippen molar-refractivity contribution in [3.8, 4) is 0 Å². The Bertz CT molecular complexity index is 807. The molecule has 0 aliphatic heterocycles. The summed E-state index contributed by atoms with van der Waals surface area (Å²) in [7, 11) is 0. The van der Waals surface area contributed by atoms with Crippen LogP contribution in [0.25, 0.3) is 10.8 Å². The number of aliphatic hydroxyl groups is 1. The fraction of sp³-hybridized carbons (Fsp3) is 0.167. The molecule has 0 saturated carbocycles. The van der Waals surface area contributed by atoms with Crippen LogP contribution in [0.15, 0.2) is 59.0 Å². The maximum atomic E-state index is 12.2. The van der Waals surface area contributed by atoms with Gasteiger partial charge in [-0.3, -0.25) is 4.79 Å². The highest BCUT2D eigenvalue weighted by Gasteiger charge is 2.14. The lowest BCUT2D eigenvalue weighted by Gasteiger charge is -2.10. The minimum Gasteiger partial charge on any atom is -0.464 e. The van der Waals surface area contributed by atoms with E-state index in [2.05, 4.69) is 5.32 Å². The number of benzene rings is 2. The maximum Gasteiger partial charge on any atom is 0.251 e. The molecule has 0 fully saturated rings. The fourth-order valence-electron chi connectivity index (χ4n) is 2.36. The molecule has 22 heavy (non-hydrogen) atoms. The number of nitrogens with one attached hydrogen (secondary N) is 1. The molecule has 0 bridgehead atoms. The van der Waals surface area contributed by atoms with Crippen LogP contribution >= 0.6 is 0 Å². The van der Waals surface area contributed by atoms with Crippen LogP contribution in [0.2, 0.25) is 0 Å². The molecule has 1 atom stereocenters. The van der Waals surface area contributed by atoms with Crippen molar-refractivity contribution in [3.05, 3.63) is 71.7 Å². The molecule has 1 aromatic heterocycles. The number of rotatable bonds is 4. The highest BCUT2D eigenvalue weighted by molar-refractivity contribution is 5.98. The van der Waals surface area contributed by atoms with Crippen LogP contribution in [-0.2, 0) is 0 Å². The number of hydrogen-bond acceptors (Lipinski definition) is 3. The second-order valence-electron chi connectivity index (χ2n) is 5.24. The highest BCUT2D eigenvalue weighted by atomic mass is 16.4. The minimum atomic E-state index is -0.849. The topological polar surface area (TPSA) is 62.5 Å². The van der Waals surface area contributed by atoms with E-state index in [0.717, 1.165) is 16.5 Å². The van der Waals surface area contributed by atoms with Crippen LogP contribution in [0.5, 0.6) is 0 Å². The summed E-state index contributed by atoms with van der Waals surface area (Å²) < 4.78 is 5.34. The van der Waals surface area contributed by atoms with Crippen molar-refractivity contribution < 1.29 is 14.3 Å². The van der Waals surface area contributed by atoms with Gasteiger partial charge in [0.2, 0.25) is 0 Å². The number of furan rings is 1. The van der Waals surface area contributed by atoms with Gasteiger partial charge in [-0.05, 0) is 42.0 Å². The predicted octanol–water partition coefficient (Wildman–Crippen LogP) is 3.20. The van der Waals surface area contributed by atoms with E-state index in [9.17, 15) is 9.90 Å². The highest BCUT2D eigenvalue weighted by Crippen LogP contribution is 2.17. The summed E-state index contributed by atoms with van der Waals surface area (Å²) in [6.07, 6.45) is -0.849. The molecule has 0 spiro atoms. The van der Waals surface area contributed by atoms with E-state index in [1.165, 1.54) is 0 Å². The fourth-order valence-corrected chi connectivity index (χ4v) is 2.36. The van der Waals surface area contributed by atoms with Gasteiger partial charge in [-0.25, -0.2) is 0 Å². The quantitative estimate of drug-likeness (QED) is 0.777. The molecule has 2 N–H and O–H groups in total. The molecule has 0 aliphatic carbocycles. The largest absolute Gasteiger partial charge is 0.464 e. The average Bonchev–Trinajstić information content (AvgIpc) is 2.98. The summed E-state index contributed by atoms with van der Waals surface area (Å²) in [6.45, 7) is 1.92. The molecule has 112 valence electrons. The van der Waals surface area contributed by atoms with Crippen molar-refractivity contribution in [2.45, 2.75) is 13.0 Å². The van der Waals surface area contributed by atoms with Crippen LogP contribution < -0.4 is 5.32 Å². The van der Waals surface area contributed by atoms with E-state index in [4.69, 9.17) is 4.42 Å². The van der Waals surface area contributed by atoms with Crippen LogP contribution in [0.4, 0.5) is 0 Å². The summed E-state index contributed by atoms with van der Waals surface area (Å²) in [6, 6.07) is 16.9. The summed E-state index contributed by atoms with van der Waals surface area (Å²) in [4.78, 5) is 12.2. The monoisotopic (exact) mass is 295 g/mol. The van der Waals surface area contributed by atoms with E-state index < -0.39 is 6.10 Å². The van der Waals surface area contributed by atoms with Gasteiger partial charge in [0.1, 0.15) is 17.6 Å². The molecule has 3 rings (SSSR count). The summed E-state index contributed by atoms with van der Waals surface area (Å²) in [5.41, 5.74) is 0.571. The third-order valence-corrected chi connectivity index (χ3v) is 3.56. The predicted molar refractivity (Wildman–Crippen MR) is 84.7 cm³/mol. The first-order valence-electron chi connectivity index (χ1n) is 7.15. The molecule has 2 aromatic carbocycles. The van der Waals surface area contributed by atoms with Crippen molar-refractivity contribution in [1.82, 2.24) is 5.32 Å². The number of fused-ring (bicyclic) bond motifs is 1. The second kappa shape index (κ2) is 6.03. The van der Waals surface area contributed by atoms with Crippen molar-refractivity contribution >= 4 is 16.7 Å². The average molecular weight is 295 g/mol. The van der Waals surface area contributed by atoms with Crippen LogP contribution in [-0.4, -0.2) is 17.6 Å². The molecule has 0 radical (unpaired) electrons. The Morgan fingerprint density at radius 2 is 1.91 bits per heavy atom. The zero-order valence-corrected chi connectivity index (χ0v) is 12.2. The number of aliphatic hydroxyl groups excluding tert-OH is 1. The lowest BCUT2D eigenvalue weighted by Crippen LogP contribution is -2.28. The molecule has 4 nitrogen and oxygen atoms in total. The lowest BCUT2D eigenvalue weighted by atomic mass is 10.1. The van der Waals surface area contributed by atoms with Crippen molar-refractivity contribution in [1.29, 1.82) is 0 Å². The Morgan fingerprint density at radius 3 is 2.64 bits per heavy atom. The van der Waals surface area contributed by atoms with E-state index in [1.807, 2.05) is 43.3 Å². The molecular formula is C18H17NO3. The van der Waals surface area contributed by atoms with Crippen LogP contribution in [0.1, 0.15) is 28.0 Å². The zero-order valence-electron chi connectivity index (χ0n) is 12.2. The molecule has 1 heterocycles. The van der Waals surface area contributed by atoms with Crippen LogP contribution in [0.3, 0.4) is 0 Å². The number of hydrogen-bond donors (Lipinski definition) is 2. The number of carbonyl (C=O) groups is 1. The van der Waals surface area contributed by atoms with Crippen LogP contribution in [0, 0.1) is 6.92 Å². The summed E-state index contributed by atoms with van der Waals surface area (Å²) in [5, 5.41) is 14.8. The lowest BCUT2D eigenvalue weighted by molar-refractivity contribution is 0.0900. The first-order valence-corrected chi connectivity index (χ1v) is 7.15. The summed E-state index contributed by atoms with van der Waals surface area (Å²) >= 11 is 0. The third-order valence-electron chi connectivity index (χ3n) is 3.56. The first kappa shape index (κ1) is 14.4. The van der Waals surface area contributed by atoms with E-state index in [0.29, 0.717) is 11.3 Å². The Balaban J connectivity index is 1.68. The van der Waals surface area contributed by atoms with E-state index in [-0.39, 0.29) is 12.5 Å². The molecule has 1 amide bonds. The molecule has 0 saturated heterocycles. The van der Waals surface area contributed by atoms with Gasteiger partial charge < -0.3 is 14.8 Å². The van der Waals surface area contributed by atoms with E-state index >= 15 is 0 Å². The molecule has 4 heteroatoms. The van der Waals surface area contributed by atoms with Crippen molar-refractivity contribution in [2.24, 2.45) is 0 Å². The smallest absolute Gasteiger partial charge is 0.251 e. The maximum absolute atomic E-state index is 12.2. The van der Waals surface area contributed by atoms with Gasteiger partial charge in [-0.2, -0.15) is 0 Å². The van der Waals surface area contributed by atoms with Crippen molar-refractivity contribution in [2.75, 3.05) is 6.54 Å². The number of amides is 1. The van der Waals surface area contributed by atoms with Gasteiger partial charge in [-0.15, -0.1) is 0 Å². The Hall–Kier alpha value is -2.59. The summed E-state index contributed by atoms with van der Waals surface area (Å²) in [5.74, 6) is 0.972. The normalized spacial score (nSPS) is 12.3. The van der Waals surface area contributed by atoms with Crippen molar-refractivity contribution in [3.63, 3.8) is 0 Å². The number of aryl methyl sites for hydroxylation is 1. The Labute approximate surface area is 128 Å². The van der Waals surface area contributed by atoms with Gasteiger partial charge in [0.15, 0.2) is 0 Å². The Kier molecular flexibility index (Phi) is 3.94. The second-order valence-corrected chi connectivity index (χ2v) is 5.24. The standard InChI is InChI=1S/C18H17NO3/c1-12-6-9-17(22-12)16(20)11-19-18(21)15-8-7-13-4-2-3-5-14(13)10-15/h2-10,16,20H,11H2,1H3,(H,19,21). The zero-order chi connectivity index (χ0) is 15.5. The molecule has 0 aliphatic rings. The Morgan fingerprint density at radius 1 is 1.14 bits per heavy atom. The van der Waals surface area contributed by atoms with E-state index in [1.54, 1.807) is 18.2 Å². The first-order chi connectivity index (χ1) is 10.6. The molecule has 3 aromatic rings. The third kappa shape index (κ3) is 3.02. The SMILES string of the molecule is Cc1ccc(C(O)CNC(=O)c2ccc3ccccc3c2)o1. The number of carbonyl (C=O) groups excluding carboxylic acids is 1. The van der Waals surface area contributed by atoms with Gasteiger partial charge in [0.05, 0.1) is 6.54 Å². The van der Waals surface area contributed by atoms with Gasteiger partial charge >= 0.3 is 0 Å². The molecule has 1 unspecified atom stereocenters. The van der Waals surface area contributed by atoms with Gasteiger partial charge in [0.25, 0.3) is 5.91 Å².